The molecule has 1 aliphatic carbocycles. The second-order valence-electron chi connectivity index (χ2n) is 7.17. The van der Waals surface area contributed by atoms with Gasteiger partial charge in [-0.2, -0.15) is 0 Å². The second-order valence-corrected chi connectivity index (χ2v) is 7.17. The average Bonchev–Trinajstić information content (AvgIpc) is 3.13. The van der Waals surface area contributed by atoms with Gasteiger partial charge in [-0.15, -0.1) is 0 Å². The van der Waals surface area contributed by atoms with Crippen LogP contribution in [0.1, 0.15) is 51.5 Å². The summed E-state index contributed by atoms with van der Waals surface area (Å²) in [7, 11) is 0. The van der Waals surface area contributed by atoms with Crippen LogP contribution in [0.25, 0.3) is 11.0 Å². The Morgan fingerprint density at radius 3 is 2.75 bits per heavy atom. The summed E-state index contributed by atoms with van der Waals surface area (Å²) in [4.78, 5) is 25.2. The molecule has 3 atom stereocenters. The summed E-state index contributed by atoms with van der Waals surface area (Å²) in [5.41, 5.74) is 1.10. The lowest BCUT2D eigenvalue weighted by molar-refractivity contribution is -0.129. The average molecular weight is 391 g/mol. The molecule has 8 heteroatoms. The van der Waals surface area contributed by atoms with Crippen LogP contribution in [0.15, 0.2) is 25.2 Å². The fourth-order valence-electron chi connectivity index (χ4n) is 3.76. The third kappa shape index (κ3) is 3.72. The number of hydrogen-bond donors (Lipinski definition) is 2. The topological polar surface area (TPSA) is 73.9 Å². The number of amides is 1. The summed E-state index contributed by atoms with van der Waals surface area (Å²) < 4.78 is 27.1. The van der Waals surface area contributed by atoms with E-state index < -0.39 is 11.8 Å². The Morgan fingerprint density at radius 1 is 1.39 bits per heavy atom. The maximum absolute atomic E-state index is 13.6. The molecule has 6 nitrogen and oxygen atoms in total. The minimum atomic E-state index is -2.66. The molecule has 1 aliphatic heterocycles. The van der Waals surface area contributed by atoms with E-state index in [9.17, 15) is 13.6 Å². The fraction of sp³-hybridized carbons (Fsp3) is 0.550. The van der Waals surface area contributed by atoms with E-state index in [1.165, 1.54) is 12.4 Å². The van der Waals surface area contributed by atoms with Gasteiger partial charge in [0, 0.05) is 31.2 Å². The molecule has 3 unspecified atom stereocenters. The van der Waals surface area contributed by atoms with Crippen molar-refractivity contribution in [2.45, 2.75) is 64.0 Å². The first-order valence-corrected chi connectivity index (χ1v) is 9.80. The third-order valence-electron chi connectivity index (χ3n) is 5.38. The number of alkyl halides is 2. The number of aromatic amines is 1. The lowest BCUT2D eigenvalue weighted by Crippen LogP contribution is -2.49. The first-order valence-electron chi connectivity index (χ1n) is 9.80. The van der Waals surface area contributed by atoms with Crippen LogP contribution in [0.4, 0.5) is 14.6 Å². The first-order chi connectivity index (χ1) is 13.4. The Labute approximate surface area is 163 Å². The predicted molar refractivity (Wildman–Crippen MR) is 106 cm³/mol. The van der Waals surface area contributed by atoms with Gasteiger partial charge in [-0.05, 0) is 31.4 Å². The highest BCUT2D eigenvalue weighted by molar-refractivity contribution is 5.91. The van der Waals surface area contributed by atoms with Gasteiger partial charge in [0.1, 0.15) is 17.8 Å². The number of halogens is 2. The summed E-state index contributed by atoms with van der Waals surface area (Å²) in [6.07, 6.45) is 5.91. The molecule has 2 aromatic rings. The smallest absolute Gasteiger partial charge is 0.256 e. The van der Waals surface area contributed by atoms with Crippen molar-refractivity contribution in [3.05, 3.63) is 30.7 Å². The zero-order valence-corrected chi connectivity index (χ0v) is 16.5. The number of rotatable bonds is 4. The third-order valence-corrected chi connectivity index (χ3v) is 5.38. The van der Waals surface area contributed by atoms with Crippen molar-refractivity contribution in [2.24, 2.45) is 0 Å². The number of H-pyrrole nitrogens is 1. The van der Waals surface area contributed by atoms with Crippen molar-refractivity contribution in [1.82, 2.24) is 19.9 Å². The first kappa shape index (κ1) is 20.2. The van der Waals surface area contributed by atoms with Gasteiger partial charge in [0.15, 0.2) is 0 Å². The minimum absolute atomic E-state index is 0.00402. The van der Waals surface area contributed by atoms with E-state index in [0.29, 0.717) is 29.0 Å². The Hall–Kier alpha value is -2.51. The summed E-state index contributed by atoms with van der Waals surface area (Å²) in [5, 5.41) is 3.97. The summed E-state index contributed by atoms with van der Waals surface area (Å²) >= 11 is 0. The van der Waals surface area contributed by atoms with E-state index in [4.69, 9.17) is 0 Å². The molecule has 1 saturated heterocycles. The minimum Gasteiger partial charge on any atom is -0.365 e. The fourth-order valence-corrected chi connectivity index (χ4v) is 3.76. The van der Waals surface area contributed by atoms with Crippen LogP contribution in [0.2, 0.25) is 0 Å². The van der Waals surface area contributed by atoms with Crippen LogP contribution in [0, 0.1) is 0 Å². The van der Waals surface area contributed by atoms with E-state index in [1.54, 1.807) is 11.1 Å². The highest BCUT2D eigenvalue weighted by atomic mass is 19.3. The van der Waals surface area contributed by atoms with Gasteiger partial charge in [-0.25, -0.2) is 18.7 Å². The molecule has 2 aromatic heterocycles. The van der Waals surface area contributed by atoms with E-state index >= 15 is 0 Å². The van der Waals surface area contributed by atoms with Crippen LogP contribution >= 0.6 is 0 Å². The van der Waals surface area contributed by atoms with Crippen LogP contribution in [-0.4, -0.2) is 50.3 Å². The normalized spacial score (nSPS) is 25.6. The summed E-state index contributed by atoms with van der Waals surface area (Å²) in [6, 6.07) is 0.146. The number of carbonyl (C=O) groups is 1. The molecule has 0 bridgehead atoms. The second kappa shape index (κ2) is 7.85. The molecule has 0 radical (unpaired) electrons. The molecule has 2 fully saturated rings. The van der Waals surface area contributed by atoms with Gasteiger partial charge < -0.3 is 15.2 Å². The molecular weight excluding hydrogens is 364 g/mol. The van der Waals surface area contributed by atoms with Crippen LogP contribution in [-0.2, 0) is 4.79 Å². The molecule has 152 valence electrons. The zero-order valence-electron chi connectivity index (χ0n) is 16.5. The highest BCUT2D eigenvalue weighted by Crippen LogP contribution is 2.57. The van der Waals surface area contributed by atoms with Crippen molar-refractivity contribution in [1.29, 1.82) is 0 Å². The zero-order chi connectivity index (χ0) is 20.5. The number of nitrogens with zero attached hydrogens (tertiary/aromatic N) is 3. The van der Waals surface area contributed by atoms with Crippen LogP contribution in [0.5, 0.6) is 0 Å². The molecule has 3 heterocycles. The molecule has 1 amide bonds. The van der Waals surface area contributed by atoms with Gasteiger partial charge in [0.2, 0.25) is 5.91 Å². The monoisotopic (exact) mass is 391 g/mol. The van der Waals surface area contributed by atoms with Crippen molar-refractivity contribution in [3.63, 3.8) is 0 Å². The molecule has 2 aliphatic rings. The predicted octanol–water partition coefficient (Wildman–Crippen LogP) is 4.08. The lowest BCUT2D eigenvalue weighted by Gasteiger charge is -2.38. The van der Waals surface area contributed by atoms with E-state index in [-0.39, 0.29) is 24.4 Å². The number of anilines is 1. The van der Waals surface area contributed by atoms with Gasteiger partial charge in [0.05, 0.1) is 11.3 Å². The van der Waals surface area contributed by atoms with Crippen LogP contribution in [0.3, 0.4) is 0 Å². The van der Waals surface area contributed by atoms with Crippen molar-refractivity contribution in [3.8, 4) is 0 Å². The summed E-state index contributed by atoms with van der Waals surface area (Å²) in [6.45, 7) is 10.1. The van der Waals surface area contributed by atoms with E-state index in [0.717, 1.165) is 12.8 Å². The van der Waals surface area contributed by atoms with Gasteiger partial charge in [-0.3, -0.25) is 4.79 Å². The number of piperidine rings is 1. The maximum Gasteiger partial charge on any atom is 0.256 e. The van der Waals surface area contributed by atoms with Crippen molar-refractivity contribution < 1.29 is 13.6 Å². The number of hydrogen-bond acceptors (Lipinski definition) is 4. The standard InChI is InChI=1S/C18H21F2N5O.C2H6/c1-3-14(26)25-8-11(5-4-10(25)2)24-17-15-12(13-6-18(13,19)20)7-21-16(15)22-9-23-17;1-2/h3,7,9-11,13H,1,4-6,8H2,2H3,(H2,21,22,23,24);1-2H3. The highest BCUT2D eigenvalue weighted by Gasteiger charge is 2.58. The molecule has 1 saturated carbocycles. The molecule has 0 aromatic carbocycles. The van der Waals surface area contributed by atoms with Crippen molar-refractivity contribution in [2.75, 3.05) is 11.9 Å². The number of carbonyl (C=O) groups excluding carboxylic acids is 1. The van der Waals surface area contributed by atoms with Gasteiger partial charge in [-0.1, -0.05) is 20.4 Å². The largest absolute Gasteiger partial charge is 0.365 e. The Balaban J connectivity index is 0.00000109. The maximum atomic E-state index is 13.6. The van der Waals surface area contributed by atoms with Crippen molar-refractivity contribution >= 4 is 22.8 Å². The Kier molecular flexibility index (Phi) is 5.67. The molecular formula is C20H27F2N5O. The number of nitrogens with one attached hydrogen (secondary N) is 2. The van der Waals surface area contributed by atoms with Gasteiger partial charge in [0.25, 0.3) is 5.92 Å². The van der Waals surface area contributed by atoms with Gasteiger partial charge >= 0.3 is 0 Å². The lowest BCUT2D eigenvalue weighted by atomic mass is 9.99. The molecule has 0 spiro atoms. The van der Waals surface area contributed by atoms with Crippen LogP contribution < -0.4 is 5.32 Å². The quantitative estimate of drug-likeness (QED) is 0.770. The number of fused-ring (bicyclic) bond motifs is 1. The number of aromatic nitrogens is 3. The van der Waals surface area contributed by atoms with E-state index in [2.05, 4.69) is 26.8 Å². The number of likely N-dealkylation sites (tertiary alicyclic amines) is 1. The Morgan fingerprint density at radius 2 is 2.11 bits per heavy atom. The summed E-state index contributed by atoms with van der Waals surface area (Å²) in [5.74, 6) is -3.00. The Bertz CT molecular complexity index is 865. The molecule has 4 rings (SSSR count). The molecule has 2 N–H and O–H groups in total. The van der Waals surface area contributed by atoms with E-state index in [1.807, 2.05) is 20.8 Å². The molecule has 28 heavy (non-hydrogen) atoms. The SMILES string of the molecule is C=CC(=O)N1CC(Nc2ncnc3[nH]cc(C4CC4(F)F)c23)CCC1C.CC.